The molecule has 23 heavy (non-hydrogen) atoms. The van der Waals surface area contributed by atoms with Crippen LogP contribution in [0.2, 0.25) is 0 Å². The molecule has 3 heteroatoms. The molecule has 132 valence electrons. The van der Waals surface area contributed by atoms with E-state index in [0.717, 1.165) is 12.8 Å². The SMILES string of the molecule is C/C=C/C(CCCCCCCCCCCC)C1CC(=O)NC1=O. The third-order valence-corrected chi connectivity index (χ3v) is 4.85. The lowest BCUT2D eigenvalue weighted by atomic mass is 9.86. The first-order valence-corrected chi connectivity index (χ1v) is 9.65. The summed E-state index contributed by atoms with van der Waals surface area (Å²) in [5.74, 6) is -0.111. The number of carbonyl (C=O) groups is 2. The fourth-order valence-corrected chi connectivity index (χ4v) is 3.47. The van der Waals surface area contributed by atoms with Crippen molar-refractivity contribution in [3.8, 4) is 0 Å². The molecule has 1 rings (SSSR count). The van der Waals surface area contributed by atoms with Crippen LogP contribution < -0.4 is 5.32 Å². The number of hydrogen-bond acceptors (Lipinski definition) is 2. The minimum atomic E-state index is -0.141. The molecule has 0 aromatic heterocycles. The molecule has 0 aromatic rings. The number of hydrogen-bond donors (Lipinski definition) is 1. The topological polar surface area (TPSA) is 46.2 Å². The molecule has 0 radical (unpaired) electrons. The number of imide groups is 1. The highest BCUT2D eigenvalue weighted by Crippen LogP contribution is 2.27. The zero-order valence-electron chi connectivity index (χ0n) is 15.1. The van der Waals surface area contributed by atoms with Crippen molar-refractivity contribution in [2.24, 2.45) is 11.8 Å². The van der Waals surface area contributed by atoms with Crippen molar-refractivity contribution in [3.05, 3.63) is 12.2 Å². The fraction of sp³-hybridized carbons (Fsp3) is 0.800. The second-order valence-corrected chi connectivity index (χ2v) is 6.88. The van der Waals surface area contributed by atoms with E-state index in [2.05, 4.69) is 18.3 Å². The molecule has 1 N–H and O–H groups in total. The van der Waals surface area contributed by atoms with E-state index in [-0.39, 0.29) is 23.7 Å². The van der Waals surface area contributed by atoms with Crippen LogP contribution >= 0.6 is 0 Å². The molecule has 1 heterocycles. The van der Waals surface area contributed by atoms with Crippen molar-refractivity contribution in [1.29, 1.82) is 0 Å². The van der Waals surface area contributed by atoms with Gasteiger partial charge >= 0.3 is 0 Å². The number of unbranched alkanes of at least 4 members (excludes halogenated alkanes) is 9. The van der Waals surface area contributed by atoms with Crippen LogP contribution in [0.15, 0.2) is 12.2 Å². The van der Waals surface area contributed by atoms with Crippen LogP contribution in [0.4, 0.5) is 0 Å². The molecule has 1 saturated heterocycles. The van der Waals surface area contributed by atoms with Gasteiger partial charge < -0.3 is 0 Å². The summed E-state index contributed by atoms with van der Waals surface area (Å²) in [7, 11) is 0. The van der Waals surface area contributed by atoms with Gasteiger partial charge in [-0.2, -0.15) is 0 Å². The molecule has 1 aliphatic heterocycles. The second kappa shape index (κ2) is 12.3. The second-order valence-electron chi connectivity index (χ2n) is 6.88. The Morgan fingerprint density at radius 3 is 2.04 bits per heavy atom. The van der Waals surface area contributed by atoms with E-state index in [1.54, 1.807) is 0 Å². The zero-order chi connectivity index (χ0) is 16.9. The summed E-state index contributed by atoms with van der Waals surface area (Å²) in [6.07, 6.45) is 18.8. The van der Waals surface area contributed by atoms with Gasteiger partial charge in [0.15, 0.2) is 0 Å². The summed E-state index contributed by atoms with van der Waals surface area (Å²) < 4.78 is 0. The third kappa shape index (κ3) is 8.34. The lowest BCUT2D eigenvalue weighted by molar-refractivity contribution is -0.126. The summed E-state index contributed by atoms with van der Waals surface area (Å²) in [5, 5.41) is 2.43. The first-order valence-electron chi connectivity index (χ1n) is 9.65. The van der Waals surface area contributed by atoms with Crippen molar-refractivity contribution in [2.45, 2.75) is 90.9 Å². The lowest BCUT2D eigenvalue weighted by Crippen LogP contribution is -2.25. The zero-order valence-corrected chi connectivity index (χ0v) is 15.1. The summed E-state index contributed by atoms with van der Waals surface area (Å²) in [5.41, 5.74) is 0. The van der Waals surface area contributed by atoms with Crippen molar-refractivity contribution in [1.82, 2.24) is 5.32 Å². The van der Waals surface area contributed by atoms with Gasteiger partial charge in [0.1, 0.15) is 0 Å². The van der Waals surface area contributed by atoms with Gasteiger partial charge in [-0.05, 0) is 19.3 Å². The average Bonchev–Trinajstić information content (AvgIpc) is 2.86. The normalized spacial score (nSPS) is 19.5. The molecule has 2 amide bonds. The van der Waals surface area contributed by atoms with Gasteiger partial charge in [0, 0.05) is 6.42 Å². The Labute approximate surface area is 142 Å². The van der Waals surface area contributed by atoms with Crippen LogP contribution in [-0.2, 0) is 9.59 Å². The average molecular weight is 322 g/mol. The van der Waals surface area contributed by atoms with Gasteiger partial charge in [-0.1, -0.05) is 83.3 Å². The van der Waals surface area contributed by atoms with Crippen molar-refractivity contribution in [3.63, 3.8) is 0 Å². The van der Waals surface area contributed by atoms with Crippen LogP contribution in [0.3, 0.4) is 0 Å². The molecule has 0 bridgehead atoms. The maximum absolute atomic E-state index is 11.8. The first-order chi connectivity index (χ1) is 11.2. The Morgan fingerprint density at radius 2 is 1.57 bits per heavy atom. The van der Waals surface area contributed by atoms with Crippen LogP contribution in [0.5, 0.6) is 0 Å². The molecule has 0 aromatic carbocycles. The predicted molar refractivity (Wildman–Crippen MR) is 96.0 cm³/mol. The van der Waals surface area contributed by atoms with E-state index in [9.17, 15) is 9.59 Å². The number of nitrogens with one attached hydrogen (secondary N) is 1. The largest absolute Gasteiger partial charge is 0.296 e. The predicted octanol–water partition coefficient (Wildman–Crippen LogP) is 5.15. The van der Waals surface area contributed by atoms with E-state index >= 15 is 0 Å². The minimum absolute atomic E-state index is 0.0785. The molecule has 0 spiro atoms. The van der Waals surface area contributed by atoms with Gasteiger partial charge in [-0.3, -0.25) is 14.9 Å². The molecule has 2 unspecified atom stereocenters. The standard InChI is InChI=1S/C20H35NO2/c1-3-5-6-7-8-9-10-11-12-13-15-17(14-4-2)18-16-19(22)21-20(18)23/h4,14,17-18H,3,5-13,15-16H2,1-2H3,(H,21,22,23)/b14-4+. The molecular weight excluding hydrogens is 286 g/mol. The highest BCUT2D eigenvalue weighted by atomic mass is 16.2. The summed E-state index contributed by atoms with van der Waals surface area (Å²) in [4.78, 5) is 23.2. The molecule has 2 atom stereocenters. The highest BCUT2D eigenvalue weighted by Gasteiger charge is 2.35. The number of amides is 2. The van der Waals surface area contributed by atoms with E-state index in [0.29, 0.717) is 6.42 Å². The van der Waals surface area contributed by atoms with E-state index in [1.807, 2.05) is 13.0 Å². The van der Waals surface area contributed by atoms with Crippen molar-refractivity contribution >= 4 is 11.8 Å². The van der Waals surface area contributed by atoms with Crippen LogP contribution in [-0.4, -0.2) is 11.8 Å². The van der Waals surface area contributed by atoms with Gasteiger partial charge in [0.05, 0.1) is 5.92 Å². The van der Waals surface area contributed by atoms with Crippen LogP contribution in [0.1, 0.15) is 90.9 Å². The Balaban J connectivity index is 2.10. The monoisotopic (exact) mass is 321 g/mol. The molecule has 1 fully saturated rings. The van der Waals surface area contributed by atoms with Crippen LogP contribution in [0, 0.1) is 11.8 Å². The Bertz CT molecular complexity index is 376. The maximum Gasteiger partial charge on any atom is 0.230 e. The fourth-order valence-electron chi connectivity index (χ4n) is 3.47. The Hall–Kier alpha value is -1.12. The van der Waals surface area contributed by atoms with Gasteiger partial charge in [0.2, 0.25) is 11.8 Å². The molecule has 3 nitrogen and oxygen atoms in total. The number of carbonyl (C=O) groups excluding carboxylic acids is 2. The van der Waals surface area contributed by atoms with Crippen molar-refractivity contribution in [2.75, 3.05) is 0 Å². The van der Waals surface area contributed by atoms with Gasteiger partial charge in [-0.25, -0.2) is 0 Å². The third-order valence-electron chi connectivity index (χ3n) is 4.85. The first kappa shape index (κ1) is 19.9. The summed E-state index contributed by atoms with van der Waals surface area (Å²) in [6, 6.07) is 0. The number of allylic oxidation sites excluding steroid dienone is 2. The smallest absolute Gasteiger partial charge is 0.230 e. The highest BCUT2D eigenvalue weighted by molar-refractivity contribution is 6.03. The molecular formula is C20H35NO2. The molecule has 0 aliphatic carbocycles. The van der Waals surface area contributed by atoms with Crippen molar-refractivity contribution < 1.29 is 9.59 Å². The van der Waals surface area contributed by atoms with Gasteiger partial charge in [0.25, 0.3) is 0 Å². The molecule has 0 saturated carbocycles. The van der Waals surface area contributed by atoms with E-state index in [4.69, 9.17) is 0 Å². The summed E-state index contributed by atoms with van der Waals surface area (Å²) in [6.45, 7) is 4.24. The lowest BCUT2D eigenvalue weighted by Gasteiger charge is -2.17. The quantitative estimate of drug-likeness (QED) is 0.289. The number of rotatable bonds is 13. The van der Waals surface area contributed by atoms with E-state index in [1.165, 1.54) is 57.8 Å². The summed E-state index contributed by atoms with van der Waals surface area (Å²) >= 11 is 0. The van der Waals surface area contributed by atoms with Gasteiger partial charge in [-0.15, -0.1) is 0 Å². The minimum Gasteiger partial charge on any atom is -0.296 e. The maximum atomic E-state index is 11.8. The Morgan fingerprint density at radius 1 is 1.00 bits per heavy atom. The molecule has 1 aliphatic rings. The van der Waals surface area contributed by atoms with E-state index < -0.39 is 0 Å². The Kier molecular flexibility index (Phi) is 10.7. The van der Waals surface area contributed by atoms with Crippen LogP contribution in [0.25, 0.3) is 0 Å².